The van der Waals surface area contributed by atoms with Crippen molar-refractivity contribution >= 4 is 5.97 Å². The Morgan fingerprint density at radius 1 is 1.27 bits per heavy atom. The zero-order valence-electron chi connectivity index (χ0n) is 14.6. The molecule has 0 spiro atoms. The Morgan fingerprint density at radius 2 is 1.85 bits per heavy atom. The Labute approximate surface area is 148 Å². The van der Waals surface area contributed by atoms with Crippen molar-refractivity contribution in [1.82, 2.24) is 4.57 Å². The monoisotopic (exact) mass is 368 g/mol. The second kappa shape index (κ2) is 7.33. The van der Waals surface area contributed by atoms with E-state index in [9.17, 15) is 22.8 Å². The summed E-state index contributed by atoms with van der Waals surface area (Å²) >= 11 is 0. The lowest BCUT2D eigenvalue weighted by Crippen LogP contribution is -2.33. The predicted molar refractivity (Wildman–Crippen MR) is 90.6 cm³/mol. The number of benzene rings is 1. The molecule has 0 saturated heterocycles. The van der Waals surface area contributed by atoms with E-state index in [0.29, 0.717) is 17.2 Å². The van der Waals surface area contributed by atoms with Crippen LogP contribution in [0.2, 0.25) is 0 Å². The number of carbonyl (C=O) groups is 1. The molecule has 26 heavy (non-hydrogen) atoms. The summed E-state index contributed by atoms with van der Waals surface area (Å²) in [5.74, 6) is -0.567. The zero-order valence-corrected chi connectivity index (χ0v) is 14.6. The molecule has 0 fully saturated rings. The third-order valence-corrected chi connectivity index (χ3v) is 4.24. The first-order chi connectivity index (χ1) is 12.1. The van der Waals surface area contributed by atoms with Crippen LogP contribution < -0.4 is 11.3 Å². The molecule has 0 aliphatic rings. The van der Waals surface area contributed by atoms with Crippen LogP contribution in [0.15, 0.2) is 35.1 Å². The summed E-state index contributed by atoms with van der Waals surface area (Å²) in [5.41, 5.74) is 5.15. The first kappa shape index (κ1) is 19.7. The second-order valence-corrected chi connectivity index (χ2v) is 5.94. The average Bonchev–Trinajstić information content (AvgIpc) is 2.58. The Bertz CT molecular complexity index is 871. The van der Waals surface area contributed by atoms with Crippen molar-refractivity contribution in [1.29, 1.82) is 0 Å². The van der Waals surface area contributed by atoms with Crippen LogP contribution in [0.3, 0.4) is 0 Å². The number of halogens is 3. The molecule has 2 rings (SSSR count). The largest absolute Gasteiger partial charge is 0.468 e. The van der Waals surface area contributed by atoms with Gasteiger partial charge in [-0.2, -0.15) is 13.2 Å². The molecule has 0 aliphatic heterocycles. The maximum atomic E-state index is 13.4. The zero-order chi connectivity index (χ0) is 19.6. The van der Waals surface area contributed by atoms with Crippen molar-refractivity contribution in [2.75, 3.05) is 7.11 Å². The third-order valence-electron chi connectivity index (χ3n) is 4.24. The first-order valence-electron chi connectivity index (χ1n) is 7.76. The summed E-state index contributed by atoms with van der Waals surface area (Å²) in [4.78, 5) is 23.1. The second-order valence-electron chi connectivity index (χ2n) is 5.94. The molecule has 1 heterocycles. The Kier molecular flexibility index (Phi) is 5.56. The van der Waals surface area contributed by atoms with Gasteiger partial charge >= 0.3 is 12.1 Å². The number of esters is 1. The number of nitrogens with two attached hydrogens (primary N) is 1. The number of nitrogens with zero attached hydrogens (tertiary/aromatic N) is 1. The number of pyridine rings is 1. The van der Waals surface area contributed by atoms with Crippen LogP contribution in [0.5, 0.6) is 0 Å². The number of carbonyl (C=O) groups excluding carboxylic acids is 1. The van der Waals surface area contributed by atoms with Gasteiger partial charge in [-0.1, -0.05) is 24.3 Å². The highest BCUT2D eigenvalue weighted by Gasteiger charge is 2.35. The molecule has 2 aromatic rings. The van der Waals surface area contributed by atoms with Gasteiger partial charge in [0.2, 0.25) is 0 Å². The maximum absolute atomic E-state index is 13.4. The van der Waals surface area contributed by atoms with E-state index in [1.807, 2.05) is 0 Å². The lowest BCUT2D eigenvalue weighted by molar-refractivity contribution is -0.142. The fourth-order valence-electron chi connectivity index (χ4n) is 2.70. The standard InChI is InChI=1S/C18H19F3N2O3/c1-10-16(13(18(19,20)21)9-15(24)23(10)2)12-6-4-11(5-7-12)8-14(22)17(25)26-3/h4-7,9,14H,8,22H2,1-3H3/t14-/m0/s1. The highest BCUT2D eigenvalue weighted by Crippen LogP contribution is 2.37. The van der Waals surface area contributed by atoms with Gasteiger partial charge in [-0.25, -0.2) is 0 Å². The van der Waals surface area contributed by atoms with E-state index >= 15 is 0 Å². The van der Waals surface area contributed by atoms with Gasteiger partial charge in [-0.3, -0.25) is 9.59 Å². The molecule has 0 bridgehead atoms. The maximum Gasteiger partial charge on any atom is 0.417 e. The van der Waals surface area contributed by atoms with Crippen molar-refractivity contribution in [3.8, 4) is 11.1 Å². The lowest BCUT2D eigenvalue weighted by Gasteiger charge is -2.18. The van der Waals surface area contributed by atoms with Gasteiger partial charge in [0.05, 0.1) is 12.7 Å². The smallest absolute Gasteiger partial charge is 0.417 e. The van der Waals surface area contributed by atoms with Crippen LogP contribution in [-0.4, -0.2) is 23.7 Å². The number of aromatic nitrogens is 1. The fraction of sp³-hybridized carbons (Fsp3) is 0.333. The summed E-state index contributed by atoms with van der Waals surface area (Å²) in [6.07, 6.45) is -4.45. The Balaban J connectivity index is 2.48. The van der Waals surface area contributed by atoms with Crippen molar-refractivity contribution in [2.24, 2.45) is 12.8 Å². The van der Waals surface area contributed by atoms with Crippen LogP contribution in [0, 0.1) is 6.92 Å². The van der Waals surface area contributed by atoms with Crippen LogP contribution in [0.25, 0.3) is 11.1 Å². The number of hydrogen-bond donors (Lipinski definition) is 1. The summed E-state index contributed by atoms with van der Waals surface area (Å²) in [5, 5.41) is 0. The van der Waals surface area contributed by atoms with E-state index in [1.54, 1.807) is 12.1 Å². The quantitative estimate of drug-likeness (QED) is 0.841. The summed E-state index contributed by atoms with van der Waals surface area (Å²) in [6, 6.07) is 5.98. The topological polar surface area (TPSA) is 74.3 Å². The first-order valence-corrected chi connectivity index (χ1v) is 7.76. The third kappa shape index (κ3) is 3.96. The van der Waals surface area contributed by atoms with Crippen molar-refractivity contribution in [3.63, 3.8) is 0 Å². The Hall–Kier alpha value is -2.61. The molecule has 0 amide bonds. The number of methoxy groups -OCH3 is 1. The Morgan fingerprint density at radius 3 is 2.35 bits per heavy atom. The molecular weight excluding hydrogens is 349 g/mol. The van der Waals surface area contributed by atoms with Gasteiger partial charge in [0.15, 0.2) is 0 Å². The minimum atomic E-state index is -4.65. The summed E-state index contributed by atoms with van der Waals surface area (Å²) in [6.45, 7) is 1.47. The van der Waals surface area contributed by atoms with Crippen molar-refractivity contribution in [3.05, 3.63) is 57.5 Å². The molecule has 0 aliphatic carbocycles. The fourth-order valence-corrected chi connectivity index (χ4v) is 2.70. The number of rotatable bonds is 4. The molecular formula is C18H19F3N2O3. The van der Waals surface area contributed by atoms with E-state index < -0.39 is 29.3 Å². The molecule has 8 heteroatoms. The highest BCUT2D eigenvalue weighted by atomic mass is 19.4. The van der Waals surface area contributed by atoms with E-state index in [1.165, 1.54) is 37.8 Å². The molecule has 0 radical (unpaired) electrons. The summed E-state index contributed by atoms with van der Waals surface area (Å²) < 4.78 is 45.9. The van der Waals surface area contributed by atoms with E-state index in [0.717, 1.165) is 0 Å². The minimum absolute atomic E-state index is 0.0524. The van der Waals surface area contributed by atoms with E-state index in [2.05, 4.69) is 4.74 Å². The number of hydrogen-bond acceptors (Lipinski definition) is 4. The van der Waals surface area contributed by atoms with Crippen LogP contribution in [0.4, 0.5) is 13.2 Å². The average molecular weight is 368 g/mol. The van der Waals surface area contributed by atoms with Gasteiger partial charge in [0.1, 0.15) is 6.04 Å². The SMILES string of the molecule is COC(=O)[C@@H](N)Cc1ccc(-c2c(C(F)(F)F)cc(=O)n(C)c2C)cc1. The summed E-state index contributed by atoms with van der Waals surface area (Å²) in [7, 11) is 2.65. The molecule has 2 N–H and O–H groups in total. The molecule has 0 saturated carbocycles. The molecule has 1 aromatic carbocycles. The normalized spacial score (nSPS) is 12.7. The molecule has 140 valence electrons. The minimum Gasteiger partial charge on any atom is -0.468 e. The van der Waals surface area contributed by atoms with Gasteiger partial charge < -0.3 is 15.0 Å². The molecule has 5 nitrogen and oxygen atoms in total. The lowest BCUT2D eigenvalue weighted by atomic mass is 9.96. The van der Waals surface area contributed by atoms with Gasteiger partial charge in [-0.05, 0) is 24.5 Å². The van der Waals surface area contributed by atoms with Crippen molar-refractivity contribution < 1.29 is 22.7 Å². The van der Waals surface area contributed by atoms with E-state index in [-0.39, 0.29) is 17.7 Å². The molecule has 1 atom stereocenters. The van der Waals surface area contributed by atoms with Crippen LogP contribution >= 0.6 is 0 Å². The molecule has 0 unspecified atom stereocenters. The van der Waals surface area contributed by atoms with Crippen LogP contribution in [0.1, 0.15) is 16.8 Å². The predicted octanol–water partition coefficient (Wildman–Crippen LogP) is 2.42. The number of ether oxygens (including phenoxy) is 1. The van der Waals surface area contributed by atoms with Gasteiger partial charge in [-0.15, -0.1) is 0 Å². The van der Waals surface area contributed by atoms with Crippen LogP contribution in [-0.2, 0) is 29.2 Å². The van der Waals surface area contributed by atoms with Gasteiger partial charge in [0, 0.05) is 24.4 Å². The highest BCUT2D eigenvalue weighted by molar-refractivity contribution is 5.76. The van der Waals surface area contributed by atoms with Crippen molar-refractivity contribution in [2.45, 2.75) is 25.6 Å². The van der Waals surface area contributed by atoms with E-state index in [4.69, 9.17) is 5.73 Å². The number of alkyl halides is 3. The van der Waals surface area contributed by atoms with Gasteiger partial charge in [0.25, 0.3) is 5.56 Å². The molecule has 1 aromatic heterocycles.